The summed E-state index contributed by atoms with van der Waals surface area (Å²) in [6, 6.07) is 4.96. The fraction of sp³-hybridized carbons (Fsp3) is 0.364. The summed E-state index contributed by atoms with van der Waals surface area (Å²) in [6.45, 7) is 0. The molecule has 6 heteroatoms. The van der Waals surface area contributed by atoms with Gasteiger partial charge in [-0.05, 0) is 30.2 Å². The van der Waals surface area contributed by atoms with Crippen molar-refractivity contribution in [2.45, 2.75) is 23.8 Å². The lowest BCUT2D eigenvalue weighted by Gasteiger charge is -2.26. The van der Waals surface area contributed by atoms with Crippen LogP contribution in [0, 0.1) is 0 Å². The van der Waals surface area contributed by atoms with Crippen molar-refractivity contribution in [1.29, 1.82) is 0 Å². The summed E-state index contributed by atoms with van der Waals surface area (Å²) in [6.07, 6.45) is -2.34. The maximum Gasteiger partial charge on any atom is 0.315 e. The molecule has 2 nitrogen and oxygen atoms in total. The molecular weight excluding hydrogens is 268 g/mol. The Morgan fingerprint density at radius 3 is 3.00 bits per heavy atom. The van der Waals surface area contributed by atoms with Gasteiger partial charge in [0, 0.05) is 15.7 Å². The van der Waals surface area contributed by atoms with Crippen LogP contribution in [0.1, 0.15) is 18.0 Å². The fourth-order valence-electron chi connectivity index (χ4n) is 1.75. The number of carbonyl (C=O) groups excluding carboxylic acids is 1. The molecule has 92 valence electrons. The number of halogens is 3. The van der Waals surface area contributed by atoms with Crippen LogP contribution in [0.25, 0.3) is 0 Å². The fourth-order valence-corrected chi connectivity index (χ4v) is 3.04. The second-order valence-electron chi connectivity index (χ2n) is 3.68. The normalized spacial score (nSPS) is 18.9. The predicted molar refractivity (Wildman–Crippen MR) is 63.7 cm³/mol. The number of fused-ring (bicyclic) bond motifs is 1. The number of nitrogens with one attached hydrogen (secondary N) is 1. The molecule has 0 saturated carbocycles. The van der Waals surface area contributed by atoms with E-state index < -0.39 is 12.3 Å². The molecule has 1 atom stereocenters. The van der Waals surface area contributed by atoms with Gasteiger partial charge < -0.3 is 5.32 Å². The Bertz CT molecular complexity index is 441. The van der Waals surface area contributed by atoms with Crippen molar-refractivity contribution >= 4 is 29.3 Å². The molecule has 0 aromatic heterocycles. The van der Waals surface area contributed by atoms with Gasteiger partial charge in [-0.3, -0.25) is 4.79 Å². The zero-order valence-electron chi connectivity index (χ0n) is 8.75. The van der Waals surface area contributed by atoms with Crippen LogP contribution >= 0.6 is 23.4 Å². The molecule has 1 N–H and O–H groups in total. The standard InChI is InChI=1S/C11H10ClF2NOS/c12-6-1-2-9-7(5-6)8(3-4-17-9)15-11(16)10(13)14/h1-2,5,8,10H,3-4H2,(H,15,16). The van der Waals surface area contributed by atoms with E-state index >= 15 is 0 Å². The second-order valence-corrected chi connectivity index (χ2v) is 5.25. The van der Waals surface area contributed by atoms with Crippen LogP contribution in [0.15, 0.2) is 23.1 Å². The van der Waals surface area contributed by atoms with Gasteiger partial charge in [-0.15, -0.1) is 11.8 Å². The molecular formula is C11H10ClF2NOS. The van der Waals surface area contributed by atoms with Gasteiger partial charge in [0.15, 0.2) is 0 Å². The molecule has 17 heavy (non-hydrogen) atoms. The summed E-state index contributed by atoms with van der Waals surface area (Å²) in [4.78, 5) is 12.0. The SMILES string of the molecule is O=C(NC1CCSc2ccc(Cl)cc21)C(F)F. The van der Waals surface area contributed by atoms with Gasteiger partial charge in [-0.1, -0.05) is 11.6 Å². The maximum absolute atomic E-state index is 12.2. The highest BCUT2D eigenvalue weighted by Crippen LogP contribution is 2.37. The summed E-state index contributed by atoms with van der Waals surface area (Å²) in [5.74, 6) is -0.434. The number of hydrogen-bond donors (Lipinski definition) is 1. The molecule has 0 spiro atoms. The Morgan fingerprint density at radius 2 is 2.29 bits per heavy atom. The first kappa shape index (κ1) is 12.6. The van der Waals surface area contributed by atoms with Crippen molar-refractivity contribution in [1.82, 2.24) is 5.32 Å². The molecule has 1 aliphatic rings. The van der Waals surface area contributed by atoms with Gasteiger partial charge in [0.1, 0.15) is 0 Å². The van der Waals surface area contributed by atoms with Gasteiger partial charge in [-0.2, -0.15) is 8.78 Å². The smallest absolute Gasteiger partial charge is 0.315 e. The van der Waals surface area contributed by atoms with Gasteiger partial charge in [-0.25, -0.2) is 0 Å². The topological polar surface area (TPSA) is 29.1 Å². The first-order valence-corrected chi connectivity index (χ1v) is 6.45. The van der Waals surface area contributed by atoms with Crippen LogP contribution in [-0.2, 0) is 4.79 Å². The molecule has 0 bridgehead atoms. The van der Waals surface area contributed by atoms with E-state index in [-0.39, 0.29) is 6.04 Å². The van der Waals surface area contributed by atoms with Gasteiger partial charge in [0.2, 0.25) is 0 Å². The van der Waals surface area contributed by atoms with E-state index in [9.17, 15) is 13.6 Å². The number of hydrogen-bond acceptors (Lipinski definition) is 2. The second kappa shape index (κ2) is 5.23. The number of rotatable bonds is 2. The minimum absolute atomic E-state index is 0.369. The molecule has 0 fully saturated rings. The lowest BCUT2D eigenvalue weighted by Crippen LogP contribution is -2.34. The molecule has 0 aliphatic carbocycles. The third kappa shape index (κ3) is 2.90. The van der Waals surface area contributed by atoms with Gasteiger partial charge in [0.05, 0.1) is 6.04 Å². The minimum Gasteiger partial charge on any atom is -0.344 e. The van der Waals surface area contributed by atoms with Crippen molar-refractivity contribution in [3.8, 4) is 0 Å². The highest BCUT2D eigenvalue weighted by Gasteiger charge is 2.25. The summed E-state index contributed by atoms with van der Waals surface area (Å²) in [5.41, 5.74) is 0.822. The van der Waals surface area contributed by atoms with E-state index in [1.165, 1.54) is 0 Å². The van der Waals surface area contributed by atoms with E-state index in [2.05, 4.69) is 5.32 Å². The Hall–Kier alpha value is -0.810. The Morgan fingerprint density at radius 1 is 1.53 bits per heavy atom. The summed E-state index contributed by atoms with van der Waals surface area (Å²) < 4.78 is 24.4. The molecule has 1 heterocycles. The summed E-state index contributed by atoms with van der Waals surface area (Å²) >= 11 is 7.51. The molecule has 2 rings (SSSR count). The molecule has 1 unspecified atom stereocenters. The van der Waals surface area contributed by atoms with E-state index in [1.54, 1.807) is 23.9 Å². The van der Waals surface area contributed by atoms with E-state index in [1.807, 2.05) is 6.07 Å². The number of amides is 1. The van der Waals surface area contributed by atoms with Crippen molar-refractivity contribution < 1.29 is 13.6 Å². The van der Waals surface area contributed by atoms with Gasteiger partial charge in [0.25, 0.3) is 5.91 Å². The van der Waals surface area contributed by atoms with Crippen LogP contribution in [0.2, 0.25) is 5.02 Å². The largest absolute Gasteiger partial charge is 0.344 e. The minimum atomic E-state index is -2.98. The third-order valence-corrected chi connectivity index (χ3v) is 3.88. The monoisotopic (exact) mass is 277 g/mol. The molecule has 0 radical (unpaired) electrons. The van der Waals surface area contributed by atoms with Crippen LogP contribution in [-0.4, -0.2) is 18.1 Å². The van der Waals surface area contributed by atoms with Crippen molar-refractivity contribution in [3.05, 3.63) is 28.8 Å². The van der Waals surface area contributed by atoms with Crippen molar-refractivity contribution in [3.63, 3.8) is 0 Å². The number of alkyl halides is 2. The number of benzene rings is 1. The molecule has 1 aromatic carbocycles. The predicted octanol–water partition coefficient (Wildman–Crippen LogP) is 3.26. The summed E-state index contributed by atoms with van der Waals surface area (Å²) in [5, 5.41) is 2.88. The lowest BCUT2D eigenvalue weighted by atomic mass is 10.0. The number of thioether (sulfide) groups is 1. The highest BCUT2D eigenvalue weighted by molar-refractivity contribution is 7.99. The molecule has 1 aliphatic heterocycles. The van der Waals surface area contributed by atoms with E-state index in [0.29, 0.717) is 11.4 Å². The molecule has 0 saturated heterocycles. The number of carbonyl (C=O) groups is 1. The maximum atomic E-state index is 12.2. The average Bonchev–Trinajstić information content (AvgIpc) is 2.29. The quantitative estimate of drug-likeness (QED) is 0.899. The van der Waals surface area contributed by atoms with Crippen LogP contribution in [0.3, 0.4) is 0 Å². The molecule has 1 amide bonds. The third-order valence-electron chi connectivity index (χ3n) is 2.53. The van der Waals surface area contributed by atoms with Crippen LogP contribution in [0.4, 0.5) is 8.78 Å². The Balaban J connectivity index is 2.22. The first-order chi connectivity index (χ1) is 8.08. The van der Waals surface area contributed by atoms with Crippen molar-refractivity contribution in [2.24, 2.45) is 0 Å². The van der Waals surface area contributed by atoms with Crippen LogP contribution < -0.4 is 5.32 Å². The first-order valence-electron chi connectivity index (χ1n) is 5.08. The summed E-state index contributed by atoms with van der Waals surface area (Å²) in [7, 11) is 0. The Kier molecular flexibility index (Phi) is 3.89. The lowest BCUT2D eigenvalue weighted by molar-refractivity contribution is -0.132. The van der Waals surface area contributed by atoms with Crippen molar-refractivity contribution in [2.75, 3.05) is 5.75 Å². The van der Waals surface area contributed by atoms with E-state index in [0.717, 1.165) is 16.2 Å². The van der Waals surface area contributed by atoms with E-state index in [4.69, 9.17) is 11.6 Å². The van der Waals surface area contributed by atoms with Crippen LogP contribution in [0.5, 0.6) is 0 Å². The highest BCUT2D eigenvalue weighted by atomic mass is 35.5. The molecule has 1 aromatic rings. The van der Waals surface area contributed by atoms with Gasteiger partial charge >= 0.3 is 6.43 Å². The average molecular weight is 278 g/mol. The Labute approximate surface area is 107 Å². The zero-order chi connectivity index (χ0) is 12.4. The zero-order valence-corrected chi connectivity index (χ0v) is 10.3.